The number of halogens is 3. The van der Waals surface area contributed by atoms with Crippen LogP contribution in [0.25, 0.3) is 11.1 Å². The van der Waals surface area contributed by atoms with Crippen molar-refractivity contribution < 1.29 is 0 Å². The van der Waals surface area contributed by atoms with Crippen molar-refractivity contribution in [2.75, 3.05) is 0 Å². The SMILES string of the molecule is Brc1c(-c2ccccc2)cccc1C(Br)Br. The monoisotopic (exact) mass is 402 g/mol. The van der Waals surface area contributed by atoms with Crippen molar-refractivity contribution in [3.05, 3.63) is 58.6 Å². The Morgan fingerprint density at radius 3 is 2.12 bits per heavy atom. The first-order valence-corrected chi connectivity index (χ1v) is 7.44. The van der Waals surface area contributed by atoms with Crippen molar-refractivity contribution in [1.82, 2.24) is 0 Å². The number of hydrogen-bond donors (Lipinski definition) is 0. The molecule has 0 fully saturated rings. The van der Waals surface area contributed by atoms with Crippen molar-refractivity contribution in [2.24, 2.45) is 0 Å². The molecule has 82 valence electrons. The number of alkyl halides is 2. The third-order valence-electron chi connectivity index (χ3n) is 2.35. The molecule has 0 spiro atoms. The molecule has 0 bridgehead atoms. The standard InChI is InChI=1S/C13H9Br3/c14-12-10(9-5-2-1-3-6-9)7-4-8-11(12)13(15)16/h1-8,13H. The molecule has 0 atom stereocenters. The number of hydrogen-bond acceptors (Lipinski definition) is 0. The second-order valence-corrected chi connectivity index (χ2v) is 7.23. The lowest BCUT2D eigenvalue weighted by molar-refractivity contribution is 1.38. The van der Waals surface area contributed by atoms with Gasteiger partial charge in [-0.3, -0.25) is 0 Å². The van der Waals surface area contributed by atoms with Crippen molar-refractivity contribution in [1.29, 1.82) is 0 Å². The second-order valence-electron chi connectivity index (χ2n) is 3.38. The fraction of sp³-hybridized carbons (Fsp3) is 0.0769. The van der Waals surface area contributed by atoms with E-state index in [0.29, 0.717) is 0 Å². The largest absolute Gasteiger partial charge is 0.0957 e. The van der Waals surface area contributed by atoms with Crippen LogP contribution in [-0.2, 0) is 0 Å². The van der Waals surface area contributed by atoms with E-state index in [-0.39, 0.29) is 3.74 Å². The minimum absolute atomic E-state index is 0.165. The molecule has 0 aliphatic rings. The summed E-state index contributed by atoms with van der Waals surface area (Å²) in [6, 6.07) is 16.6. The molecule has 0 saturated heterocycles. The molecule has 2 aromatic rings. The average molecular weight is 405 g/mol. The Kier molecular flexibility index (Phi) is 4.22. The van der Waals surface area contributed by atoms with E-state index in [2.05, 4.69) is 78.1 Å². The molecule has 2 rings (SSSR count). The van der Waals surface area contributed by atoms with Gasteiger partial charge in [-0.1, -0.05) is 80.4 Å². The molecule has 0 heterocycles. The molecule has 0 N–H and O–H groups in total. The zero-order valence-electron chi connectivity index (χ0n) is 8.33. The Balaban J connectivity index is 2.55. The lowest BCUT2D eigenvalue weighted by atomic mass is 10.0. The van der Waals surface area contributed by atoms with Crippen LogP contribution in [0.4, 0.5) is 0 Å². The molecule has 0 amide bonds. The first-order valence-electron chi connectivity index (χ1n) is 4.82. The van der Waals surface area contributed by atoms with E-state index in [0.717, 1.165) is 4.47 Å². The van der Waals surface area contributed by atoms with Crippen LogP contribution in [0.2, 0.25) is 0 Å². The quantitative estimate of drug-likeness (QED) is 0.546. The highest BCUT2D eigenvalue weighted by atomic mass is 79.9. The first-order chi connectivity index (χ1) is 7.70. The predicted molar refractivity (Wildman–Crippen MR) is 80.2 cm³/mol. The van der Waals surface area contributed by atoms with Crippen molar-refractivity contribution >= 4 is 47.8 Å². The third kappa shape index (κ3) is 2.58. The van der Waals surface area contributed by atoms with Crippen LogP contribution in [-0.4, -0.2) is 0 Å². The van der Waals surface area contributed by atoms with Gasteiger partial charge in [0.1, 0.15) is 0 Å². The molecule has 0 radical (unpaired) electrons. The van der Waals surface area contributed by atoms with Crippen LogP contribution < -0.4 is 0 Å². The molecule has 3 heteroatoms. The summed E-state index contributed by atoms with van der Waals surface area (Å²) < 4.78 is 1.29. The van der Waals surface area contributed by atoms with Crippen molar-refractivity contribution in [3.63, 3.8) is 0 Å². The molecular weight excluding hydrogens is 396 g/mol. The van der Waals surface area contributed by atoms with Gasteiger partial charge in [-0.25, -0.2) is 0 Å². The van der Waals surface area contributed by atoms with E-state index in [1.807, 2.05) is 18.2 Å². The van der Waals surface area contributed by atoms with Gasteiger partial charge in [-0.2, -0.15) is 0 Å². The fourth-order valence-corrected chi connectivity index (χ4v) is 3.66. The van der Waals surface area contributed by atoms with Crippen LogP contribution in [0.1, 0.15) is 9.30 Å². The first kappa shape index (κ1) is 12.3. The molecular formula is C13H9Br3. The van der Waals surface area contributed by atoms with Gasteiger partial charge in [0.15, 0.2) is 0 Å². The van der Waals surface area contributed by atoms with Gasteiger partial charge in [0, 0.05) is 4.47 Å². The van der Waals surface area contributed by atoms with Gasteiger partial charge in [0.05, 0.1) is 3.74 Å². The highest BCUT2D eigenvalue weighted by molar-refractivity contribution is 9.24. The minimum Gasteiger partial charge on any atom is -0.0712 e. The van der Waals surface area contributed by atoms with E-state index in [4.69, 9.17) is 0 Å². The van der Waals surface area contributed by atoms with E-state index in [1.54, 1.807) is 0 Å². The lowest BCUT2D eigenvalue weighted by Gasteiger charge is -2.10. The minimum atomic E-state index is 0.165. The van der Waals surface area contributed by atoms with Crippen LogP contribution in [0, 0.1) is 0 Å². The molecule has 2 aromatic carbocycles. The number of benzene rings is 2. The molecule has 0 aliphatic carbocycles. The highest BCUT2D eigenvalue weighted by Crippen LogP contribution is 2.39. The normalized spacial score (nSPS) is 10.8. The van der Waals surface area contributed by atoms with Crippen molar-refractivity contribution in [3.8, 4) is 11.1 Å². The summed E-state index contributed by atoms with van der Waals surface area (Å²) in [7, 11) is 0. The van der Waals surface area contributed by atoms with Crippen LogP contribution in [0.5, 0.6) is 0 Å². The zero-order chi connectivity index (χ0) is 11.5. The third-order valence-corrected chi connectivity index (χ3v) is 4.22. The van der Waals surface area contributed by atoms with Gasteiger partial charge >= 0.3 is 0 Å². The topological polar surface area (TPSA) is 0 Å². The Morgan fingerprint density at radius 2 is 1.50 bits per heavy atom. The summed E-state index contributed by atoms with van der Waals surface area (Å²) in [4.78, 5) is 0. The van der Waals surface area contributed by atoms with E-state index in [1.165, 1.54) is 16.7 Å². The highest BCUT2D eigenvalue weighted by Gasteiger charge is 2.11. The molecule has 0 saturated carbocycles. The summed E-state index contributed by atoms with van der Waals surface area (Å²) in [6.07, 6.45) is 0. The fourth-order valence-electron chi connectivity index (χ4n) is 1.56. The Labute approximate surface area is 120 Å². The van der Waals surface area contributed by atoms with Gasteiger partial charge in [0.25, 0.3) is 0 Å². The molecule has 0 unspecified atom stereocenters. The zero-order valence-corrected chi connectivity index (χ0v) is 13.1. The van der Waals surface area contributed by atoms with E-state index in [9.17, 15) is 0 Å². The maximum atomic E-state index is 3.66. The van der Waals surface area contributed by atoms with Gasteiger partial charge in [-0.15, -0.1) is 0 Å². The maximum absolute atomic E-state index is 3.66. The molecule has 0 aromatic heterocycles. The van der Waals surface area contributed by atoms with Crippen molar-refractivity contribution in [2.45, 2.75) is 3.74 Å². The number of rotatable bonds is 2. The van der Waals surface area contributed by atoms with E-state index >= 15 is 0 Å². The second kappa shape index (κ2) is 5.48. The summed E-state index contributed by atoms with van der Waals surface area (Å²) in [6.45, 7) is 0. The van der Waals surface area contributed by atoms with Gasteiger partial charge in [-0.05, 0) is 32.6 Å². The molecule has 16 heavy (non-hydrogen) atoms. The van der Waals surface area contributed by atoms with Crippen LogP contribution in [0.3, 0.4) is 0 Å². The Hall–Kier alpha value is -0.120. The van der Waals surface area contributed by atoms with E-state index < -0.39 is 0 Å². The lowest BCUT2D eigenvalue weighted by Crippen LogP contribution is -1.87. The van der Waals surface area contributed by atoms with Gasteiger partial charge in [0.2, 0.25) is 0 Å². The Morgan fingerprint density at radius 1 is 0.812 bits per heavy atom. The predicted octanol–water partition coefficient (Wildman–Crippen LogP) is 5.90. The summed E-state index contributed by atoms with van der Waals surface area (Å²) in [5.74, 6) is 0. The van der Waals surface area contributed by atoms with Gasteiger partial charge < -0.3 is 0 Å². The molecule has 0 aliphatic heterocycles. The average Bonchev–Trinajstić information content (AvgIpc) is 2.30. The van der Waals surface area contributed by atoms with Crippen LogP contribution >= 0.6 is 47.8 Å². The smallest absolute Gasteiger partial charge is 0.0712 e. The summed E-state index contributed by atoms with van der Waals surface area (Å²) in [5, 5.41) is 0. The maximum Gasteiger partial charge on any atom is 0.0957 e. The summed E-state index contributed by atoms with van der Waals surface area (Å²) >= 11 is 10.7. The Bertz CT molecular complexity index is 478. The van der Waals surface area contributed by atoms with Crippen LogP contribution in [0.15, 0.2) is 53.0 Å². The molecule has 0 nitrogen and oxygen atoms in total. The summed E-state index contributed by atoms with van der Waals surface area (Å²) in [5.41, 5.74) is 3.63.